The van der Waals surface area contributed by atoms with E-state index in [0.29, 0.717) is 24.7 Å². The molecule has 3 aromatic rings. The summed E-state index contributed by atoms with van der Waals surface area (Å²) in [6, 6.07) is 13.5. The molecule has 0 saturated heterocycles. The lowest BCUT2D eigenvalue weighted by Crippen LogP contribution is -2.29. The van der Waals surface area contributed by atoms with Gasteiger partial charge >= 0.3 is 0 Å². The monoisotopic (exact) mass is 391 g/mol. The molecule has 3 rings (SSSR count). The Morgan fingerprint density at radius 1 is 1.07 bits per heavy atom. The van der Waals surface area contributed by atoms with Crippen LogP contribution in [0.4, 0.5) is 5.95 Å². The summed E-state index contributed by atoms with van der Waals surface area (Å²) in [5.41, 5.74) is 2.67. The number of carbonyl (C=O) groups is 1. The van der Waals surface area contributed by atoms with E-state index in [1.54, 1.807) is 43.7 Å². The highest BCUT2D eigenvalue weighted by Crippen LogP contribution is 2.13. The van der Waals surface area contributed by atoms with Gasteiger partial charge in [-0.25, -0.2) is 9.97 Å². The summed E-state index contributed by atoms with van der Waals surface area (Å²) in [6.07, 6.45) is 6.67. The average Bonchev–Trinajstić information content (AvgIpc) is 2.78. The third kappa shape index (κ3) is 6.00. The number of likely N-dealkylation sites (N-methyl/N-ethyl adjacent to an activating group) is 1. The van der Waals surface area contributed by atoms with Gasteiger partial charge in [0.15, 0.2) is 0 Å². The molecule has 2 aromatic heterocycles. The minimum absolute atomic E-state index is 0.127. The van der Waals surface area contributed by atoms with Crippen LogP contribution in [0.3, 0.4) is 0 Å². The maximum atomic E-state index is 12.7. The number of carbonyl (C=O) groups excluding carboxylic acids is 1. The van der Waals surface area contributed by atoms with Gasteiger partial charge in [-0.3, -0.25) is 9.78 Å². The average molecular weight is 391 g/mol. The Labute approximate surface area is 170 Å². The summed E-state index contributed by atoms with van der Waals surface area (Å²) in [5, 5.41) is 3.18. The Kier molecular flexibility index (Phi) is 7.10. The molecule has 7 heteroatoms. The van der Waals surface area contributed by atoms with Crippen LogP contribution < -0.4 is 10.1 Å². The molecule has 0 radical (unpaired) electrons. The highest BCUT2D eigenvalue weighted by Gasteiger charge is 2.14. The first kappa shape index (κ1) is 20.3. The Hall–Kier alpha value is -3.48. The molecule has 0 saturated carbocycles. The first-order valence-corrected chi connectivity index (χ1v) is 9.50. The van der Waals surface area contributed by atoms with Crippen LogP contribution in [-0.2, 0) is 12.8 Å². The molecule has 0 unspecified atom stereocenters. The SMILES string of the molecule is COc1cccc(CCNc2nccc(C(=O)N(C)CCc3ccncc3)n2)c1. The predicted molar refractivity (Wildman–Crippen MR) is 112 cm³/mol. The molecule has 1 amide bonds. The number of nitrogens with one attached hydrogen (secondary N) is 1. The van der Waals surface area contributed by atoms with Gasteiger partial charge in [0, 0.05) is 38.7 Å². The van der Waals surface area contributed by atoms with Crippen molar-refractivity contribution in [1.82, 2.24) is 19.9 Å². The second kappa shape index (κ2) is 10.2. The van der Waals surface area contributed by atoms with Gasteiger partial charge < -0.3 is 15.0 Å². The van der Waals surface area contributed by atoms with Gasteiger partial charge in [-0.2, -0.15) is 0 Å². The third-order valence-corrected chi connectivity index (χ3v) is 4.54. The van der Waals surface area contributed by atoms with E-state index in [4.69, 9.17) is 4.74 Å². The van der Waals surface area contributed by atoms with E-state index >= 15 is 0 Å². The maximum Gasteiger partial charge on any atom is 0.272 e. The normalized spacial score (nSPS) is 10.4. The molecule has 29 heavy (non-hydrogen) atoms. The van der Waals surface area contributed by atoms with Gasteiger partial charge in [0.2, 0.25) is 5.95 Å². The quantitative estimate of drug-likeness (QED) is 0.604. The molecular formula is C22H25N5O2. The van der Waals surface area contributed by atoms with Gasteiger partial charge in [-0.1, -0.05) is 12.1 Å². The molecule has 0 aliphatic rings. The number of anilines is 1. The lowest BCUT2D eigenvalue weighted by molar-refractivity contribution is 0.0791. The van der Waals surface area contributed by atoms with Gasteiger partial charge in [0.25, 0.3) is 5.91 Å². The molecule has 150 valence electrons. The Morgan fingerprint density at radius 3 is 2.69 bits per heavy atom. The van der Waals surface area contributed by atoms with Crippen LogP contribution in [0.5, 0.6) is 5.75 Å². The molecule has 2 heterocycles. The van der Waals surface area contributed by atoms with E-state index in [1.807, 2.05) is 36.4 Å². The van der Waals surface area contributed by atoms with Crippen LogP contribution in [-0.4, -0.2) is 53.0 Å². The van der Waals surface area contributed by atoms with E-state index in [2.05, 4.69) is 20.3 Å². The van der Waals surface area contributed by atoms with Gasteiger partial charge in [-0.05, 0) is 54.3 Å². The fraction of sp³-hybridized carbons (Fsp3) is 0.273. The van der Waals surface area contributed by atoms with Gasteiger partial charge in [-0.15, -0.1) is 0 Å². The number of nitrogens with zero attached hydrogens (tertiary/aromatic N) is 4. The number of hydrogen-bond donors (Lipinski definition) is 1. The van der Waals surface area contributed by atoms with Crippen LogP contribution in [0.2, 0.25) is 0 Å². The second-order valence-corrected chi connectivity index (χ2v) is 6.63. The first-order valence-electron chi connectivity index (χ1n) is 9.50. The minimum atomic E-state index is -0.127. The number of ether oxygens (including phenoxy) is 1. The van der Waals surface area contributed by atoms with Crippen molar-refractivity contribution in [1.29, 1.82) is 0 Å². The molecule has 0 spiro atoms. The summed E-state index contributed by atoms with van der Waals surface area (Å²) >= 11 is 0. The smallest absolute Gasteiger partial charge is 0.272 e. The molecular weight excluding hydrogens is 366 g/mol. The number of pyridine rings is 1. The Balaban J connectivity index is 1.53. The third-order valence-electron chi connectivity index (χ3n) is 4.54. The number of hydrogen-bond acceptors (Lipinski definition) is 6. The fourth-order valence-electron chi connectivity index (χ4n) is 2.85. The van der Waals surface area contributed by atoms with Crippen molar-refractivity contribution in [3.63, 3.8) is 0 Å². The lowest BCUT2D eigenvalue weighted by atomic mass is 10.1. The van der Waals surface area contributed by atoms with Crippen LogP contribution in [0.1, 0.15) is 21.6 Å². The van der Waals surface area contributed by atoms with Crippen molar-refractivity contribution in [2.24, 2.45) is 0 Å². The fourth-order valence-corrected chi connectivity index (χ4v) is 2.85. The van der Waals surface area contributed by atoms with Gasteiger partial charge in [0.05, 0.1) is 7.11 Å². The van der Waals surface area contributed by atoms with Crippen molar-refractivity contribution in [2.45, 2.75) is 12.8 Å². The topological polar surface area (TPSA) is 80.2 Å². The Bertz CT molecular complexity index is 933. The predicted octanol–water partition coefficient (Wildman–Crippen LogP) is 2.85. The number of methoxy groups -OCH3 is 1. The summed E-state index contributed by atoms with van der Waals surface area (Å²) < 4.78 is 5.24. The molecule has 0 atom stereocenters. The molecule has 7 nitrogen and oxygen atoms in total. The van der Waals surface area contributed by atoms with Crippen molar-refractivity contribution in [3.8, 4) is 5.75 Å². The van der Waals surface area contributed by atoms with Crippen LogP contribution >= 0.6 is 0 Å². The lowest BCUT2D eigenvalue weighted by Gasteiger charge is -2.17. The second-order valence-electron chi connectivity index (χ2n) is 6.63. The van der Waals surface area contributed by atoms with E-state index in [1.165, 1.54) is 0 Å². The molecule has 1 aromatic carbocycles. The molecule has 0 aliphatic carbocycles. The van der Waals surface area contributed by atoms with E-state index < -0.39 is 0 Å². The number of benzene rings is 1. The zero-order valence-electron chi connectivity index (χ0n) is 16.7. The highest BCUT2D eigenvalue weighted by atomic mass is 16.5. The number of aromatic nitrogens is 3. The van der Waals surface area contributed by atoms with Crippen molar-refractivity contribution >= 4 is 11.9 Å². The van der Waals surface area contributed by atoms with Crippen molar-refractivity contribution < 1.29 is 9.53 Å². The largest absolute Gasteiger partial charge is 0.497 e. The van der Waals surface area contributed by atoms with Crippen molar-refractivity contribution in [2.75, 3.05) is 32.6 Å². The van der Waals surface area contributed by atoms with E-state index in [0.717, 1.165) is 29.7 Å². The maximum absolute atomic E-state index is 12.7. The van der Waals surface area contributed by atoms with Crippen molar-refractivity contribution in [3.05, 3.63) is 77.9 Å². The van der Waals surface area contributed by atoms with Crippen LogP contribution in [0.25, 0.3) is 0 Å². The van der Waals surface area contributed by atoms with Crippen LogP contribution in [0, 0.1) is 0 Å². The molecule has 0 aliphatic heterocycles. The summed E-state index contributed by atoms with van der Waals surface area (Å²) in [5.74, 6) is 1.15. The highest BCUT2D eigenvalue weighted by molar-refractivity contribution is 5.92. The zero-order chi connectivity index (χ0) is 20.5. The summed E-state index contributed by atoms with van der Waals surface area (Å²) in [7, 11) is 3.43. The summed E-state index contributed by atoms with van der Waals surface area (Å²) in [6.45, 7) is 1.26. The zero-order valence-corrected chi connectivity index (χ0v) is 16.7. The first-order chi connectivity index (χ1) is 14.2. The molecule has 0 bridgehead atoms. The number of amides is 1. The Morgan fingerprint density at radius 2 is 1.90 bits per heavy atom. The van der Waals surface area contributed by atoms with E-state index in [-0.39, 0.29) is 5.91 Å². The van der Waals surface area contributed by atoms with E-state index in [9.17, 15) is 4.79 Å². The number of rotatable bonds is 9. The van der Waals surface area contributed by atoms with Gasteiger partial charge in [0.1, 0.15) is 11.4 Å². The van der Waals surface area contributed by atoms with Crippen LogP contribution in [0.15, 0.2) is 61.1 Å². The molecule has 1 N–H and O–H groups in total. The summed E-state index contributed by atoms with van der Waals surface area (Å²) in [4.78, 5) is 26.9. The molecule has 0 fully saturated rings. The minimum Gasteiger partial charge on any atom is -0.497 e. The standard InChI is InChI=1S/C22H25N5O2/c1-27(15-10-17-6-11-23-12-7-17)21(28)20-9-14-25-22(26-20)24-13-8-18-4-3-5-19(16-18)29-2/h3-7,9,11-12,14,16H,8,10,13,15H2,1-2H3,(H,24,25,26).